The highest BCUT2D eigenvalue weighted by Crippen LogP contribution is 2.58. The fraction of sp³-hybridized carbons (Fsp3) is 0.722. The van der Waals surface area contributed by atoms with Gasteiger partial charge in [-0.25, -0.2) is 0 Å². The van der Waals surface area contributed by atoms with Gasteiger partial charge in [-0.1, -0.05) is 44.9 Å². The van der Waals surface area contributed by atoms with Crippen molar-refractivity contribution in [1.29, 1.82) is 0 Å². The maximum atomic E-state index is 12.6. The number of rotatable bonds is 3. The van der Waals surface area contributed by atoms with Gasteiger partial charge < -0.3 is 0 Å². The Labute approximate surface area is 131 Å². The number of nitrogens with one attached hydrogen (secondary N) is 1. The summed E-state index contributed by atoms with van der Waals surface area (Å²) in [6.45, 7) is 13.5. The lowest BCUT2D eigenvalue weighted by atomic mass is 9.64. The van der Waals surface area contributed by atoms with Gasteiger partial charge >= 0.3 is 0 Å². The van der Waals surface area contributed by atoms with Crippen molar-refractivity contribution in [1.82, 2.24) is 5.73 Å². The average molecular weight is 305 g/mol. The summed E-state index contributed by atoms with van der Waals surface area (Å²) < 4.78 is 0. The molecule has 1 radical (unpaired) electrons. The second-order valence-electron chi connectivity index (χ2n) is 7.47. The van der Waals surface area contributed by atoms with Crippen molar-refractivity contribution in [2.75, 3.05) is 0 Å². The molecule has 1 fully saturated rings. The van der Waals surface area contributed by atoms with Gasteiger partial charge in [0.1, 0.15) is 0 Å². The van der Waals surface area contributed by atoms with Crippen molar-refractivity contribution in [2.24, 2.45) is 11.3 Å². The van der Waals surface area contributed by atoms with E-state index < -0.39 is 14.2 Å². The lowest BCUT2D eigenvalue weighted by Gasteiger charge is -2.46. The first-order chi connectivity index (χ1) is 9.75. The molecule has 1 saturated carbocycles. The molecule has 0 saturated heterocycles. The van der Waals surface area contributed by atoms with Gasteiger partial charge in [0, 0.05) is 8.80 Å². The van der Waals surface area contributed by atoms with Gasteiger partial charge in [0.2, 0.25) is 5.91 Å². The standard InChI is InChI=1S/C18H30NOSi/c1-11-12(2)14(4)16(13(11)3)18(17(19)20)10-8-7-9-15(18)21(5)6/h13,15,19,21H,7-10H2,1-6H3. The minimum Gasteiger partial charge on any atom is -0.272 e. The Bertz CT molecular complexity index is 517. The van der Waals surface area contributed by atoms with Gasteiger partial charge in [0.05, 0.1) is 5.41 Å². The highest BCUT2D eigenvalue weighted by atomic mass is 28.3. The number of carbonyl (C=O) groups excluding carboxylic acids is 1. The molecule has 117 valence electrons. The maximum Gasteiger partial charge on any atom is 0.248 e. The van der Waals surface area contributed by atoms with Crippen molar-refractivity contribution in [3.63, 3.8) is 0 Å². The Morgan fingerprint density at radius 3 is 2.24 bits per heavy atom. The maximum absolute atomic E-state index is 12.6. The Morgan fingerprint density at radius 1 is 1.19 bits per heavy atom. The zero-order chi connectivity index (χ0) is 15.9. The van der Waals surface area contributed by atoms with Crippen LogP contribution < -0.4 is 5.73 Å². The summed E-state index contributed by atoms with van der Waals surface area (Å²) in [4.78, 5) is 12.6. The third-order valence-corrected chi connectivity index (χ3v) is 8.81. The van der Waals surface area contributed by atoms with Crippen LogP contribution in [0.15, 0.2) is 22.3 Å². The van der Waals surface area contributed by atoms with Crippen LogP contribution in [-0.2, 0) is 4.79 Å². The highest BCUT2D eigenvalue weighted by Gasteiger charge is 2.53. The predicted octanol–water partition coefficient (Wildman–Crippen LogP) is 4.52. The summed E-state index contributed by atoms with van der Waals surface area (Å²) in [6.07, 6.45) is 4.39. The van der Waals surface area contributed by atoms with Crippen LogP contribution in [0.25, 0.3) is 0 Å². The molecule has 1 N–H and O–H groups in total. The van der Waals surface area contributed by atoms with Crippen LogP contribution in [0.2, 0.25) is 18.6 Å². The quantitative estimate of drug-likeness (QED) is 0.707. The van der Waals surface area contributed by atoms with E-state index in [1.165, 1.54) is 28.7 Å². The number of allylic oxidation sites excluding steroid dienone is 3. The van der Waals surface area contributed by atoms with E-state index in [1.54, 1.807) is 0 Å². The molecule has 0 aromatic rings. The van der Waals surface area contributed by atoms with Crippen LogP contribution >= 0.6 is 0 Å². The molecule has 0 spiro atoms. The van der Waals surface area contributed by atoms with Crippen LogP contribution in [0.5, 0.6) is 0 Å². The van der Waals surface area contributed by atoms with Crippen molar-refractivity contribution < 1.29 is 4.79 Å². The predicted molar refractivity (Wildman–Crippen MR) is 91.9 cm³/mol. The van der Waals surface area contributed by atoms with Crippen LogP contribution in [-0.4, -0.2) is 14.7 Å². The van der Waals surface area contributed by atoms with Gasteiger partial charge in [-0.05, 0) is 55.4 Å². The molecule has 1 amide bonds. The second kappa shape index (κ2) is 5.75. The monoisotopic (exact) mass is 304 g/mol. The largest absolute Gasteiger partial charge is 0.272 e. The molecule has 0 heterocycles. The molecular formula is C18H30NOSi. The molecule has 3 heteroatoms. The molecular weight excluding hydrogens is 274 g/mol. The summed E-state index contributed by atoms with van der Waals surface area (Å²) in [6, 6.07) is 0. The molecule has 2 aliphatic carbocycles. The van der Waals surface area contributed by atoms with Crippen LogP contribution in [0.1, 0.15) is 53.4 Å². The van der Waals surface area contributed by atoms with Crippen molar-refractivity contribution in [3.05, 3.63) is 22.3 Å². The van der Waals surface area contributed by atoms with Crippen molar-refractivity contribution in [3.8, 4) is 0 Å². The summed E-state index contributed by atoms with van der Waals surface area (Å²) in [5, 5.41) is 0. The van der Waals surface area contributed by atoms with E-state index >= 15 is 0 Å². The first-order valence-electron chi connectivity index (χ1n) is 8.40. The van der Waals surface area contributed by atoms with Crippen LogP contribution in [0, 0.1) is 11.3 Å². The third kappa shape index (κ3) is 2.34. The van der Waals surface area contributed by atoms with E-state index in [0.717, 1.165) is 19.3 Å². The number of amides is 1. The average Bonchev–Trinajstić information content (AvgIpc) is 2.63. The minimum absolute atomic E-state index is 0.308. The summed E-state index contributed by atoms with van der Waals surface area (Å²) in [7, 11) is -0.978. The van der Waals surface area contributed by atoms with E-state index in [9.17, 15) is 4.79 Å². The van der Waals surface area contributed by atoms with E-state index in [2.05, 4.69) is 40.8 Å². The van der Waals surface area contributed by atoms with E-state index in [1.807, 2.05) is 0 Å². The van der Waals surface area contributed by atoms with E-state index in [-0.39, 0.29) is 5.91 Å². The molecule has 0 aromatic heterocycles. The first kappa shape index (κ1) is 16.5. The van der Waals surface area contributed by atoms with Crippen molar-refractivity contribution >= 4 is 14.7 Å². The van der Waals surface area contributed by atoms with Gasteiger partial charge in [-0.15, -0.1) is 0 Å². The topological polar surface area (TPSA) is 40.9 Å². The molecule has 0 aliphatic heterocycles. The van der Waals surface area contributed by atoms with Crippen LogP contribution in [0.3, 0.4) is 0 Å². The van der Waals surface area contributed by atoms with Gasteiger partial charge in [-0.3, -0.25) is 10.5 Å². The fourth-order valence-corrected chi connectivity index (χ4v) is 7.46. The molecule has 3 unspecified atom stereocenters. The van der Waals surface area contributed by atoms with E-state index in [4.69, 9.17) is 5.73 Å². The second-order valence-corrected chi connectivity index (χ2v) is 10.8. The Balaban J connectivity index is 2.61. The van der Waals surface area contributed by atoms with Gasteiger partial charge in [-0.2, -0.15) is 0 Å². The lowest BCUT2D eigenvalue weighted by Crippen LogP contribution is -2.46. The molecule has 2 nitrogen and oxygen atoms in total. The summed E-state index contributed by atoms with van der Waals surface area (Å²) in [5.74, 6) is 0.0322. The lowest BCUT2D eigenvalue weighted by molar-refractivity contribution is -0.128. The normalized spacial score (nSPS) is 34.0. The van der Waals surface area contributed by atoms with E-state index in [0.29, 0.717) is 11.5 Å². The SMILES string of the molecule is CC1=C(C)C(C)C(C2(C([NH])=O)CCCCC2[SiH](C)C)=C1C. The Kier molecular flexibility index (Phi) is 4.53. The summed E-state index contributed by atoms with van der Waals surface area (Å²) in [5.41, 5.74) is 13.5. The molecule has 0 aromatic carbocycles. The summed E-state index contributed by atoms with van der Waals surface area (Å²) >= 11 is 0. The molecule has 21 heavy (non-hydrogen) atoms. The number of carbonyl (C=O) groups is 1. The Morgan fingerprint density at radius 2 is 1.81 bits per heavy atom. The number of hydrogen-bond acceptors (Lipinski definition) is 1. The van der Waals surface area contributed by atoms with Gasteiger partial charge in [0.25, 0.3) is 0 Å². The van der Waals surface area contributed by atoms with Crippen LogP contribution in [0.4, 0.5) is 0 Å². The smallest absolute Gasteiger partial charge is 0.248 e. The highest BCUT2D eigenvalue weighted by molar-refractivity contribution is 6.58. The first-order valence-corrected chi connectivity index (χ1v) is 11.4. The van der Waals surface area contributed by atoms with Crippen molar-refractivity contribution in [2.45, 2.75) is 72.0 Å². The fourth-order valence-electron chi connectivity index (χ4n) is 4.93. The minimum atomic E-state index is -0.978. The molecule has 2 aliphatic rings. The van der Waals surface area contributed by atoms with Gasteiger partial charge in [0.15, 0.2) is 0 Å². The molecule has 3 atom stereocenters. The zero-order valence-corrected chi connectivity index (χ0v) is 15.6. The zero-order valence-electron chi connectivity index (χ0n) is 14.5. The third-order valence-electron chi connectivity index (χ3n) is 6.30. The Hall–Kier alpha value is -0.833. The molecule has 2 rings (SSSR count). The number of hydrogen-bond donors (Lipinski definition) is 0. The molecule has 0 bridgehead atoms.